The molecule has 3 rings (SSSR count). The highest BCUT2D eigenvalue weighted by molar-refractivity contribution is 7.96. The van der Waals surface area contributed by atoms with Crippen LogP contribution in [-0.2, 0) is 29.5 Å². The van der Waals surface area contributed by atoms with E-state index < -0.39 is 52.6 Å². The van der Waals surface area contributed by atoms with Crippen LogP contribution >= 0.6 is 0 Å². The fourth-order valence-electron chi connectivity index (χ4n) is 3.72. The van der Waals surface area contributed by atoms with Crippen LogP contribution in [0.1, 0.15) is 31.7 Å². The fourth-order valence-corrected chi connectivity index (χ4v) is 10.1. The Hall–Kier alpha value is -0.970. The number of benzene rings is 1. The number of rotatable bonds is 5. The van der Waals surface area contributed by atoms with Crippen LogP contribution in [0.2, 0.25) is 0 Å². The van der Waals surface area contributed by atoms with Crippen LogP contribution in [0.15, 0.2) is 29.2 Å². The van der Waals surface area contributed by atoms with Crippen LogP contribution in [0.4, 0.5) is 0 Å². The van der Waals surface area contributed by atoms with Crippen LogP contribution in [0.3, 0.4) is 0 Å². The Bertz CT molecular complexity index is 1010. The van der Waals surface area contributed by atoms with Crippen molar-refractivity contribution in [2.75, 3.05) is 23.0 Å². The molecule has 1 N–H and O–H groups in total. The predicted molar refractivity (Wildman–Crippen MR) is 104 cm³/mol. The van der Waals surface area contributed by atoms with Gasteiger partial charge < -0.3 is 5.32 Å². The summed E-state index contributed by atoms with van der Waals surface area (Å²) in [5.41, 5.74) is 0.999. The first-order valence-corrected chi connectivity index (χ1v) is 14.1. The Labute approximate surface area is 161 Å². The van der Waals surface area contributed by atoms with Gasteiger partial charge in [-0.3, -0.25) is 0 Å². The zero-order valence-electron chi connectivity index (χ0n) is 15.3. The molecule has 0 aliphatic carbocycles. The standard InChI is InChI=1S/C17H25NO6S3/c1-12(2)13-3-5-15(6-4-13)27(23,24)17-11-26(21,22)10-16(17)18-14-7-8-25(19,20)9-14/h3-6,12,14,16-18H,7-11H2,1-2H3/t14?,16-,17-/m0/s1. The molecular weight excluding hydrogens is 410 g/mol. The highest BCUT2D eigenvalue weighted by Crippen LogP contribution is 2.28. The molecule has 152 valence electrons. The smallest absolute Gasteiger partial charge is 0.183 e. The molecule has 2 aliphatic heterocycles. The summed E-state index contributed by atoms with van der Waals surface area (Å²) in [4.78, 5) is 0.0971. The molecule has 3 atom stereocenters. The third-order valence-electron chi connectivity index (χ3n) is 5.26. The van der Waals surface area contributed by atoms with Crippen LogP contribution in [0.25, 0.3) is 0 Å². The van der Waals surface area contributed by atoms with Crippen LogP contribution in [0.5, 0.6) is 0 Å². The van der Waals surface area contributed by atoms with Gasteiger partial charge in [-0.05, 0) is 30.0 Å². The van der Waals surface area contributed by atoms with Gasteiger partial charge in [-0.2, -0.15) is 0 Å². The summed E-state index contributed by atoms with van der Waals surface area (Å²) in [6.45, 7) is 4.01. The van der Waals surface area contributed by atoms with E-state index >= 15 is 0 Å². The maximum atomic E-state index is 13.1. The maximum Gasteiger partial charge on any atom is 0.183 e. The lowest BCUT2D eigenvalue weighted by molar-refractivity contribution is 0.469. The number of sulfone groups is 3. The minimum absolute atomic E-state index is 0.0399. The van der Waals surface area contributed by atoms with Gasteiger partial charge in [-0.15, -0.1) is 0 Å². The molecule has 2 saturated heterocycles. The Balaban J connectivity index is 1.87. The van der Waals surface area contributed by atoms with Crippen LogP contribution in [-0.4, -0.2) is 65.6 Å². The summed E-state index contributed by atoms with van der Waals surface area (Å²) in [7, 11) is -10.5. The zero-order chi connectivity index (χ0) is 20.0. The third kappa shape index (κ3) is 4.55. The molecule has 1 unspecified atom stereocenters. The zero-order valence-corrected chi connectivity index (χ0v) is 17.8. The molecule has 0 bridgehead atoms. The second-order valence-corrected chi connectivity index (χ2v) is 14.3. The number of nitrogens with one attached hydrogen (secondary N) is 1. The van der Waals surface area contributed by atoms with E-state index in [0.29, 0.717) is 6.42 Å². The normalized spacial score (nSPS) is 30.0. The first kappa shape index (κ1) is 20.8. The van der Waals surface area contributed by atoms with Gasteiger partial charge in [-0.1, -0.05) is 26.0 Å². The minimum atomic E-state index is -3.86. The fraction of sp³-hybridized carbons (Fsp3) is 0.647. The van der Waals surface area contributed by atoms with Gasteiger partial charge in [0.05, 0.1) is 33.2 Å². The van der Waals surface area contributed by atoms with E-state index in [1.54, 1.807) is 12.1 Å². The second-order valence-electron chi connectivity index (χ2n) is 7.76. The first-order valence-electron chi connectivity index (χ1n) is 8.90. The topological polar surface area (TPSA) is 114 Å². The monoisotopic (exact) mass is 435 g/mol. The lowest BCUT2D eigenvalue weighted by atomic mass is 10.0. The van der Waals surface area contributed by atoms with Gasteiger partial charge in [0, 0.05) is 12.1 Å². The van der Waals surface area contributed by atoms with E-state index in [-0.39, 0.29) is 28.1 Å². The van der Waals surface area contributed by atoms with Crippen molar-refractivity contribution in [3.8, 4) is 0 Å². The summed E-state index contributed by atoms with van der Waals surface area (Å²) in [5.74, 6) is -0.527. The van der Waals surface area contributed by atoms with Crippen LogP contribution < -0.4 is 5.32 Å². The van der Waals surface area contributed by atoms with Crippen molar-refractivity contribution in [1.29, 1.82) is 0 Å². The molecule has 27 heavy (non-hydrogen) atoms. The van der Waals surface area contributed by atoms with Crippen molar-refractivity contribution in [3.63, 3.8) is 0 Å². The van der Waals surface area contributed by atoms with Crippen molar-refractivity contribution in [2.45, 2.75) is 48.4 Å². The van der Waals surface area contributed by atoms with Crippen molar-refractivity contribution in [3.05, 3.63) is 29.8 Å². The van der Waals surface area contributed by atoms with E-state index in [1.165, 1.54) is 12.1 Å². The van der Waals surface area contributed by atoms with Gasteiger partial charge in [0.1, 0.15) is 0 Å². The van der Waals surface area contributed by atoms with Gasteiger partial charge in [-0.25, -0.2) is 25.3 Å². The van der Waals surface area contributed by atoms with E-state index in [1.807, 2.05) is 13.8 Å². The third-order valence-corrected chi connectivity index (χ3v) is 11.2. The van der Waals surface area contributed by atoms with Crippen molar-refractivity contribution in [1.82, 2.24) is 5.32 Å². The number of hydrogen-bond acceptors (Lipinski definition) is 7. The van der Waals surface area contributed by atoms with E-state index in [2.05, 4.69) is 5.32 Å². The lowest BCUT2D eigenvalue weighted by Gasteiger charge is -2.23. The molecular formula is C17H25NO6S3. The van der Waals surface area contributed by atoms with E-state index in [0.717, 1.165) is 5.56 Å². The van der Waals surface area contributed by atoms with E-state index in [9.17, 15) is 25.3 Å². The quantitative estimate of drug-likeness (QED) is 0.717. The SMILES string of the molecule is CC(C)c1ccc(S(=O)(=O)[C@H]2CS(=O)(=O)C[C@@H]2NC2CCS(=O)(=O)C2)cc1. The van der Waals surface area contributed by atoms with Crippen molar-refractivity contribution in [2.24, 2.45) is 0 Å². The molecule has 1 aromatic rings. The van der Waals surface area contributed by atoms with Crippen molar-refractivity contribution < 1.29 is 25.3 Å². The summed E-state index contributed by atoms with van der Waals surface area (Å²) in [5, 5.41) is 1.89. The molecule has 0 spiro atoms. The Kier molecular flexibility index (Phi) is 5.48. The minimum Gasteiger partial charge on any atom is -0.308 e. The largest absolute Gasteiger partial charge is 0.308 e. The molecule has 7 nitrogen and oxygen atoms in total. The summed E-state index contributed by atoms with van der Waals surface area (Å²) >= 11 is 0. The molecule has 10 heteroatoms. The Morgan fingerprint density at radius 2 is 1.59 bits per heavy atom. The summed E-state index contributed by atoms with van der Waals surface area (Å²) < 4.78 is 73.8. The molecule has 0 saturated carbocycles. The summed E-state index contributed by atoms with van der Waals surface area (Å²) in [6.07, 6.45) is 0.370. The summed E-state index contributed by atoms with van der Waals surface area (Å²) in [6, 6.07) is 5.32. The molecule has 2 fully saturated rings. The highest BCUT2D eigenvalue weighted by atomic mass is 32.2. The average Bonchev–Trinajstić information content (AvgIpc) is 3.06. The molecule has 1 aromatic carbocycles. The molecule has 2 aliphatic rings. The predicted octanol–water partition coefficient (Wildman–Crippen LogP) is 0.526. The molecule has 0 amide bonds. The lowest BCUT2D eigenvalue weighted by Crippen LogP contribution is -2.48. The van der Waals surface area contributed by atoms with Gasteiger partial charge in [0.15, 0.2) is 29.5 Å². The van der Waals surface area contributed by atoms with E-state index in [4.69, 9.17) is 0 Å². The Morgan fingerprint density at radius 1 is 0.963 bits per heavy atom. The second kappa shape index (κ2) is 7.13. The molecule has 0 radical (unpaired) electrons. The van der Waals surface area contributed by atoms with Crippen LogP contribution in [0, 0.1) is 0 Å². The molecule has 2 heterocycles. The molecule has 0 aromatic heterocycles. The average molecular weight is 436 g/mol. The highest BCUT2D eigenvalue weighted by Gasteiger charge is 2.47. The first-order chi connectivity index (χ1) is 12.4. The maximum absolute atomic E-state index is 13.1. The van der Waals surface area contributed by atoms with Crippen molar-refractivity contribution >= 4 is 29.5 Å². The number of hydrogen-bond donors (Lipinski definition) is 1. The van der Waals surface area contributed by atoms with Gasteiger partial charge in [0.25, 0.3) is 0 Å². The van der Waals surface area contributed by atoms with Gasteiger partial charge >= 0.3 is 0 Å². The van der Waals surface area contributed by atoms with Gasteiger partial charge in [0.2, 0.25) is 0 Å². The Morgan fingerprint density at radius 3 is 2.11 bits per heavy atom.